The van der Waals surface area contributed by atoms with E-state index < -0.39 is 17.2 Å². The maximum atomic E-state index is 12.5. The van der Waals surface area contributed by atoms with Gasteiger partial charge in [0.15, 0.2) is 0 Å². The molecule has 1 aliphatic rings. The highest BCUT2D eigenvalue weighted by molar-refractivity contribution is 5.86. The quantitative estimate of drug-likeness (QED) is 0.824. The summed E-state index contributed by atoms with van der Waals surface area (Å²) in [4.78, 5) is 40.1. The molecule has 21 heavy (non-hydrogen) atoms. The van der Waals surface area contributed by atoms with E-state index in [4.69, 9.17) is 0 Å². The molecular formula is C14H21N3O4. The second-order valence-corrected chi connectivity index (χ2v) is 5.88. The number of rotatable bonds is 5. The number of hydrogen-bond acceptors (Lipinski definition) is 4. The van der Waals surface area contributed by atoms with E-state index >= 15 is 0 Å². The number of aromatic amines is 1. The first-order chi connectivity index (χ1) is 9.90. The smallest absolute Gasteiger partial charge is 0.352 e. The van der Waals surface area contributed by atoms with Crippen LogP contribution in [0.25, 0.3) is 0 Å². The minimum Gasteiger partial charge on any atom is -0.477 e. The zero-order valence-corrected chi connectivity index (χ0v) is 12.4. The summed E-state index contributed by atoms with van der Waals surface area (Å²) in [6.45, 7) is 6.05. The van der Waals surface area contributed by atoms with E-state index in [0.29, 0.717) is 0 Å². The molecule has 0 bridgehead atoms. The maximum absolute atomic E-state index is 12.5. The van der Waals surface area contributed by atoms with Gasteiger partial charge in [0.05, 0.1) is 5.56 Å². The molecule has 0 amide bonds. The lowest BCUT2D eigenvalue weighted by Crippen LogP contribution is -2.42. The van der Waals surface area contributed by atoms with Crippen molar-refractivity contribution in [3.63, 3.8) is 0 Å². The lowest BCUT2D eigenvalue weighted by Gasteiger charge is -2.17. The molecule has 0 spiro atoms. The van der Waals surface area contributed by atoms with Crippen LogP contribution in [0.1, 0.15) is 42.7 Å². The number of carbonyl (C=O) groups is 1. The molecule has 0 radical (unpaired) electrons. The van der Waals surface area contributed by atoms with Gasteiger partial charge in [-0.3, -0.25) is 14.3 Å². The predicted molar refractivity (Wildman–Crippen MR) is 77.6 cm³/mol. The molecule has 7 heteroatoms. The van der Waals surface area contributed by atoms with Crippen molar-refractivity contribution in [1.82, 2.24) is 14.5 Å². The van der Waals surface area contributed by atoms with Crippen molar-refractivity contribution < 1.29 is 9.90 Å². The zero-order chi connectivity index (χ0) is 15.6. The van der Waals surface area contributed by atoms with Crippen LogP contribution in [-0.4, -0.2) is 38.6 Å². The van der Waals surface area contributed by atoms with E-state index in [1.807, 2.05) is 18.7 Å². The zero-order valence-electron chi connectivity index (χ0n) is 12.4. The summed E-state index contributed by atoms with van der Waals surface area (Å²) in [5, 5.41) is 9.22. The molecule has 2 rings (SSSR count). The number of likely N-dealkylation sites (tertiary alicyclic amines) is 1. The molecule has 2 N–H and O–H groups in total. The summed E-state index contributed by atoms with van der Waals surface area (Å²) in [7, 11) is 0. The van der Waals surface area contributed by atoms with Crippen molar-refractivity contribution in [2.75, 3.05) is 13.1 Å². The normalized spacial score (nSPS) is 15.8. The number of carboxylic acid groups (broad SMARTS) is 1. The van der Waals surface area contributed by atoms with Crippen LogP contribution >= 0.6 is 0 Å². The van der Waals surface area contributed by atoms with E-state index in [2.05, 4.69) is 4.98 Å². The number of carboxylic acids is 1. The minimum atomic E-state index is -1.27. The van der Waals surface area contributed by atoms with E-state index in [-0.39, 0.29) is 30.3 Å². The second kappa shape index (κ2) is 6.26. The van der Waals surface area contributed by atoms with E-state index in [1.54, 1.807) is 0 Å². The highest BCUT2D eigenvalue weighted by atomic mass is 16.4. The summed E-state index contributed by atoms with van der Waals surface area (Å²) < 4.78 is 1.10. The summed E-state index contributed by atoms with van der Waals surface area (Å²) in [5.74, 6) is -1.14. The molecule has 2 heterocycles. The second-order valence-electron chi connectivity index (χ2n) is 5.88. The SMILES string of the molecule is CC(C)Cn1c(=O)[nH]c(C(=O)O)c(CN2CCCC2)c1=O. The molecule has 0 atom stereocenters. The van der Waals surface area contributed by atoms with E-state index in [0.717, 1.165) is 30.5 Å². The standard InChI is InChI=1S/C14H21N3O4/c1-9(2)7-17-12(18)10(8-16-5-3-4-6-16)11(13(19)20)15-14(17)21/h9H,3-8H2,1-2H3,(H,15,21)(H,19,20). The first-order valence-electron chi connectivity index (χ1n) is 7.21. The van der Waals surface area contributed by atoms with Crippen molar-refractivity contribution >= 4 is 5.97 Å². The van der Waals surface area contributed by atoms with Crippen molar-refractivity contribution in [3.05, 3.63) is 32.1 Å². The van der Waals surface area contributed by atoms with Gasteiger partial charge in [-0.2, -0.15) is 0 Å². The van der Waals surface area contributed by atoms with Crippen molar-refractivity contribution in [3.8, 4) is 0 Å². The minimum absolute atomic E-state index is 0.124. The topological polar surface area (TPSA) is 95.4 Å². The van der Waals surface area contributed by atoms with Gasteiger partial charge in [-0.1, -0.05) is 13.8 Å². The van der Waals surface area contributed by atoms with Gasteiger partial charge in [0.1, 0.15) is 5.69 Å². The summed E-state index contributed by atoms with van der Waals surface area (Å²) >= 11 is 0. The molecular weight excluding hydrogens is 274 g/mol. The number of nitrogens with zero attached hydrogens (tertiary/aromatic N) is 2. The molecule has 1 aliphatic heterocycles. The first kappa shape index (κ1) is 15.5. The maximum Gasteiger partial charge on any atom is 0.352 e. The molecule has 0 aromatic carbocycles. The third kappa shape index (κ3) is 3.41. The Labute approximate surface area is 122 Å². The van der Waals surface area contributed by atoms with Gasteiger partial charge in [0, 0.05) is 13.1 Å². The molecule has 0 saturated carbocycles. The third-order valence-electron chi connectivity index (χ3n) is 3.62. The summed E-state index contributed by atoms with van der Waals surface area (Å²) in [5.41, 5.74) is -1.26. The number of H-pyrrole nitrogens is 1. The fourth-order valence-corrected chi connectivity index (χ4v) is 2.64. The molecule has 0 unspecified atom stereocenters. The van der Waals surface area contributed by atoms with Crippen LogP contribution in [0.4, 0.5) is 0 Å². The van der Waals surface area contributed by atoms with Gasteiger partial charge in [0.25, 0.3) is 5.56 Å². The Hall–Kier alpha value is -1.89. The first-order valence-corrected chi connectivity index (χ1v) is 7.21. The van der Waals surface area contributed by atoms with Crippen LogP contribution in [0.3, 0.4) is 0 Å². The van der Waals surface area contributed by atoms with Crippen molar-refractivity contribution in [2.45, 2.75) is 39.8 Å². The van der Waals surface area contributed by atoms with Gasteiger partial charge in [-0.15, -0.1) is 0 Å². The summed E-state index contributed by atoms with van der Waals surface area (Å²) in [6, 6.07) is 0. The predicted octanol–water partition coefficient (Wildman–Crippen LogP) is 0.487. The number of nitrogens with one attached hydrogen (secondary N) is 1. The van der Waals surface area contributed by atoms with Gasteiger partial charge in [0.2, 0.25) is 0 Å². The fourth-order valence-electron chi connectivity index (χ4n) is 2.64. The van der Waals surface area contributed by atoms with Crippen LogP contribution < -0.4 is 11.2 Å². The van der Waals surface area contributed by atoms with Gasteiger partial charge < -0.3 is 10.1 Å². The van der Waals surface area contributed by atoms with Crippen LogP contribution in [-0.2, 0) is 13.1 Å². The molecule has 1 aromatic heterocycles. The van der Waals surface area contributed by atoms with Gasteiger partial charge in [-0.05, 0) is 31.8 Å². The summed E-state index contributed by atoms with van der Waals surface area (Å²) in [6.07, 6.45) is 2.10. The largest absolute Gasteiger partial charge is 0.477 e. The van der Waals surface area contributed by atoms with Crippen LogP contribution in [0.15, 0.2) is 9.59 Å². The Kier molecular flexibility index (Phi) is 4.62. The Morgan fingerprint density at radius 2 is 1.90 bits per heavy atom. The lowest BCUT2D eigenvalue weighted by atomic mass is 10.2. The molecule has 7 nitrogen and oxygen atoms in total. The third-order valence-corrected chi connectivity index (χ3v) is 3.62. The van der Waals surface area contributed by atoms with Crippen molar-refractivity contribution in [2.24, 2.45) is 5.92 Å². The average molecular weight is 295 g/mol. The monoisotopic (exact) mass is 295 g/mol. The average Bonchev–Trinajstić information content (AvgIpc) is 2.90. The van der Waals surface area contributed by atoms with Gasteiger partial charge in [-0.25, -0.2) is 9.59 Å². The van der Waals surface area contributed by atoms with Crippen LogP contribution in [0, 0.1) is 5.92 Å². The Balaban J connectivity index is 2.50. The molecule has 116 valence electrons. The van der Waals surface area contributed by atoms with Crippen LogP contribution in [0.2, 0.25) is 0 Å². The fraction of sp³-hybridized carbons (Fsp3) is 0.643. The number of aromatic carboxylic acids is 1. The van der Waals surface area contributed by atoms with Crippen LogP contribution in [0.5, 0.6) is 0 Å². The highest BCUT2D eigenvalue weighted by Gasteiger charge is 2.22. The molecule has 1 aromatic rings. The Morgan fingerprint density at radius 3 is 2.43 bits per heavy atom. The van der Waals surface area contributed by atoms with Crippen molar-refractivity contribution in [1.29, 1.82) is 0 Å². The molecule has 0 aliphatic carbocycles. The van der Waals surface area contributed by atoms with E-state index in [1.165, 1.54) is 0 Å². The number of hydrogen-bond donors (Lipinski definition) is 2. The number of aromatic nitrogens is 2. The molecule has 1 saturated heterocycles. The Bertz CT molecular complexity index is 639. The molecule has 1 fully saturated rings. The Morgan fingerprint density at radius 1 is 1.29 bits per heavy atom. The van der Waals surface area contributed by atoms with E-state index in [9.17, 15) is 19.5 Å². The highest BCUT2D eigenvalue weighted by Crippen LogP contribution is 2.12. The lowest BCUT2D eigenvalue weighted by molar-refractivity contribution is 0.0686. The van der Waals surface area contributed by atoms with Gasteiger partial charge >= 0.3 is 11.7 Å².